The first-order chi connectivity index (χ1) is 17.2. The average Bonchev–Trinajstić information content (AvgIpc) is 3.54. The molecule has 1 amide bonds. The van der Waals surface area contributed by atoms with Crippen molar-refractivity contribution in [3.8, 4) is 11.3 Å². The number of carbonyl (C=O) groups excluding carboxylic acids is 1. The number of aromatic nitrogens is 5. The van der Waals surface area contributed by atoms with Crippen molar-refractivity contribution in [2.45, 2.75) is 24.4 Å². The van der Waals surface area contributed by atoms with Crippen molar-refractivity contribution in [3.63, 3.8) is 0 Å². The summed E-state index contributed by atoms with van der Waals surface area (Å²) in [5, 5.41) is 15.3. The third kappa shape index (κ3) is 5.50. The van der Waals surface area contributed by atoms with E-state index in [4.69, 9.17) is 5.10 Å². The number of nitrogens with one attached hydrogen (secondary N) is 2. The second kappa shape index (κ2) is 10.4. The first-order valence-corrected chi connectivity index (χ1v) is 12.2. The molecule has 0 unspecified atom stereocenters. The first-order valence-electron chi connectivity index (χ1n) is 11.2. The van der Waals surface area contributed by atoms with Crippen LogP contribution in [0.5, 0.6) is 0 Å². The fraction of sp³-hybridized carbons (Fsp3) is 0.111. The van der Waals surface area contributed by atoms with Gasteiger partial charge in [-0.3, -0.25) is 9.89 Å². The summed E-state index contributed by atoms with van der Waals surface area (Å²) in [4.78, 5) is 17.2. The molecule has 174 valence electrons. The van der Waals surface area contributed by atoms with Crippen LogP contribution in [0.15, 0.2) is 96.4 Å². The molecule has 0 saturated carbocycles. The fourth-order valence-corrected chi connectivity index (χ4v) is 4.48. The number of thioether (sulfide) groups is 1. The van der Waals surface area contributed by atoms with Gasteiger partial charge in [0.05, 0.1) is 12.2 Å². The molecule has 7 nitrogen and oxygen atoms in total. The molecule has 3 aromatic carbocycles. The summed E-state index contributed by atoms with van der Waals surface area (Å²) in [6.07, 6.45) is 1.49. The highest BCUT2D eigenvalue weighted by Gasteiger charge is 2.15. The van der Waals surface area contributed by atoms with Gasteiger partial charge in [-0.15, -0.1) is 0 Å². The minimum atomic E-state index is -0.176. The number of benzene rings is 3. The largest absolute Gasteiger partial charge is 0.307 e. The lowest BCUT2D eigenvalue weighted by Gasteiger charge is -2.09. The summed E-state index contributed by atoms with van der Waals surface area (Å²) in [6, 6.07) is 27.7. The number of rotatable bonds is 8. The summed E-state index contributed by atoms with van der Waals surface area (Å²) in [6.45, 7) is 2.62. The normalized spacial score (nSPS) is 10.9. The van der Waals surface area contributed by atoms with Crippen LogP contribution in [0, 0.1) is 6.92 Å². The lowest BCUT2D eigenvalue weighted by atomic mass is 10.1. The van der Waals surface area contributed by atoms with E-state index in [-0.39, 0.29) is 5.91 Å². The molecular weight excluding hydrogens is 456 g/mol. The van der Waals surface area contributed by atoms with Gasteiger partial charge in [0, 0.05) is 22.9 Å². The number of aromatic amines is 1. The standard InChI is InChI=1S/C27H24N6OS/c1-19-7-5-6-10-23(19)24-15-25(33(32-24)16-20-8-3-2-4-9-20)30-26(34)22-13-11-21(12-14-22)17-35-27-28-18-29-31-27/h2-15,18H,16-17H2,1H3,(H,30,34)(H,28,29,31). The van der Waals surface area contributed by atoms with Crippen LogP contribution in [0.25, 0.3) is 11.3 Å². The minimum absolute atomic E-state index is 0.176. The predicted molar refractivity (Wildman–Crippen MR) is 138 cm³/mol. The van der Waals surface area contributed by atoms with Crippen molar-refractivity contribution >= 4 is 23.5 Å². The van der Waals surface area contributed by atoms with Gasteiger partial charge in [0.2, 0.25) is 0 Å². The van der Waals surface area contributed by atoms with E-state index in [9.17, 15) is 4.79 Å². The zero-order valence-corrected chi connectivity index (χ0v) is 20.0. The van der Waals surface area contributed by atoms with Gasteiger partial charge in [-0.2, -0.15) is 10.2 Å². The maximum atomic E-state index is 13.1. The second-order valence-electron chi connectivity index (χ2n) is 8.10. The summed E-state index contributed by atoms with van der Waals surface area (Å²) in [5.41, 5.74) is 5.80. The monoisotopic (exact) mass is 480 g/mol. The van der Waals surface area contributed by atoms with Gasteiger partial charge in [0.15, 0.2) is 5.16 Å². The number of H-pyrrole nitrogens is 1. The van der Waals surface area contributed by atoms with E-state index in [1.807, 2.05) is 71.4 Å². The van der Waals surface area contributed by atoms with E-state index in [0.717, 1.165) is 38.9 Å². The van der Waals surface area contributed by atoms with E-state index in [1.165, 1.54) is 6.33 Å². The Balaban J connectivity index is 1.36. The van der Waals surface area contributed by atoms with Crippen LogP contribution in [-0.4, -0.2) is 30.9 Å². The number of aryl methyl sites for hydroxylation is 1. The molecule has 0 aliphatic rings. The van der Waals surface area contributed by atoms with Crippen molar-refractivity contribution in [2.24, 2.45) is 0 Å². The van der Waals surface area contributed by atoms with Crippen molar-refractivity contribution in [1.29, 1.82) is 0 Å². The molecule has 0 bridgehead atoms. The van der Waals surface area contributed by atoms with Crippen molar-refractivity contribution < 1.29 is 4.79 Å². The smallest absolute Gasteiger partial charge is 0.256 e. The van der Waals surface area contributed by atoms with Gasteiger partial charge in [0.1, 0.15) is 12.1 Å². The Morgan fingerprint density at radius 2 is 1.74 bits per heavy atom. The van der Waals surface area contributed by atoms with Gasteiger partial charge in [-0.05, 0) is 35.7 Å². The van der Waals surface area contributed by atoms with Crippen LogP contribution < -0.4 is 5.32 Å². The zero-order chi connectivity index (χ0) is 24.0. The Hall–Kier alpha value is -4.17. The molecule has 0 aliphatic heterocycles. The number of nitrogens with zero attached hydrogens (tertiary/aromatic N) is 4. The molecular formula is C27H24N6OS. The Morgan fingerprint density at radius 3 is 2.49 bits per heavy atom. The van der Waals surface area contributed by atoms with Gasteiger partial charge in [0.25, 0.3) is 5.91 Å². The molecule has 5 rings (SSSR count). The van der Waals surface area contributed by atoms with Crippen LogP contribution in [0.1, 0.15) is 27.0 Å². The highest BCUT2D eigenvalue weighted by Crippen LogP contribution is 2.26. The fourth-order valence-electron chi connectivity index (χ4n) is 3.74. The number of hydrogen-bond acceptors (Lipinski definition) is 5. The first kappa shape index (κ1) is 22.6. The van der Waals surface area contributed by atoms with Gasteiger partial charge in [-0.25, -0.2) is 9.67 Å². The summed E-state index contributed by atoms with van der Waals surface area (Å²) in [7, 11) is 0. The Labute approximate surface area is 207 Å². The molecule has 0 aliphatic carbocycles. The predicted octanol–water partition coefficient (Wildman–Crippen LogP) is 5.57. The van der Waals surface area contributed by atoms with Gasteiger partial charge in [-0.1, -0.05) is 78.5 Å². The molecule has 2 N–H and O–H groups in total. The molecule has 0 radical (unpaired) electrons. The van der Waals surface area contributed by atoms with Crippen LogP contribution in [-0.2, 0) is 12.3 Å². The van der Waals surface area contributed by atoms with Crippen LogP contribution >= 0.6 is 11.8 Å². The SMILES string of the molecule is Cc1ccccc1-c1cc(NC(=O)c2ccc(CSc3ncn[nH]3)cc2)n(Cc2ccccc2)n1. The minimum Gasteiger partial charge on any atom is -0.307 e. The highest BCUT2D eigenvalue weighted by atomic mass is 32.2. The maximum Gasteiger partial charge on any atom is 0.256 e. The number of hydrogen-bond donors (Lipinski definition) is 2. The molecule has 35 heavy (non-hydrogen) atoms. The molecule has 0 saturated heterocycles. The number of anilines is 1. The lowest BCUT2D eigenvalue weighted by molar-refractivity contribution is 0.102. The molecule has 0 spiro atoms. The average molecular weight is 481 g/mol. The van der Waals surface area contributed by atoms with Crippen molar-refractivity contribution in [3.05, 3.63) is 114 Å². The summed E-state index contributed by atoms with van der Waals surface area (Å²) in [5.74, 6) is 1.22. The number of amides is 1. The molecule has 0 fully saturated rings. The number of carbonyl (C=O) groups is 1. The van der Waals surface area contributed by atoms with E-state index >= 15 is 0 Å². The zero-order valence-electron chi connectivity index (χ0n) is 19.2. The van der Waals surface area contributed by atoms with Crippen molar-refractivity contribution in [2.75, 3.05) is 5.32 Å². The third-order valence-electron chi connectivity index (χ3n) is 5.60. The maximum absolute atomic E-state index is 13.1. The summed E-state index contributed by atoms with van der Waals surface area (Å²) < 4.78 is 1.84. The van der Waals surface area contributed by atoms with E-state index in [0.29, 0.717) is 17.9 Å². The molecule has 2 heterocycles. The third-order valence-corrected chi connectivity index (χ3v) is 6.55. The van der Waals surface area contributed by atoms with Gasteiger partial charge >= 0.3 is 0 Å². The van der Waals surface area contributed by atoms with E-state index in [1.54, 1.807) is 11.8 Å². The van der Waals surface area contributed by atoms with E-state index in [2.05, 4.69) is 45.6 Å². The molecule has 8 heteroatoms. The Morgan fingerprint density at radius 1 is 0.971 bits per heavy atom. The highest BCUT2D eigenvalue weighted by molar-refractivity contribution is 7.98. The second-order valence-corrected chi connectivity index (χ2v) is 9.07. The summed E-state index contributed by atoms with van der Waals surface area (Å²) >= 11 is 1.56. The Kier molecular flexibility index (Phi) is 6.72. The molecule has 2 aromatic heterocycles. The Bertz CT molecular complexity index is 1410. The van der Waals surface area contributed by atoms with Crippen LogP contribution in [0.2, 0.25) is 0 Å². The van der Waals surface area contributed by atoms with Crippen molar-refractivity contribution in [1.82, 2.24) is 25.0 Å². The quantitative estimate of drug-likeness (QED) is 0.284. The lowest BCUT2D eigenvalue weighted by Crippen LogP contribution is -2.16. The van der Waals surface area contributed by atoms with Crippen LogP contribution in [0.4, 0.5) is 5.82 Å². The van der Waals surface area contributed by atoms with Crippen LogP contribution in [0.3, 0.4) is 0 Å². The van der Waals surface area contributed by atoms with Gasteiger partial charge < -0.3 is 5.32 Å². The molecule has 0 atom stereocenters. The van der Waals surface area contributed by atoms with E-state index < -0.39 is 0 Å². The molecule has 5 aromatic rings. The topological polar surface area (TPSA) is 88.5 Å².